The summed E-state index contributed by atoms with van der Waals surface area (Å²) in [7, 11) is 2.89. The predicted molar refractivity (Wildman–Crippen MR) is 118 cm³/mol. The van der Waals surface area contributed by atoms with Crippen LogP contribution in [0.1, 0.15) is 20.8 Å². The van der Waals surface area contributed by atoms with Crippen molar-refractivity contribution in [3.63, 3.8) is 0 Å². The third-order valence-corrected chi connectivity index (χ3v) is 5.50. The third-order valence-electron chi connectivity index (χ3n) is 4.48. The maximum absolute atomic E-state index is 12.5. The highest BCUT2D eigenvalue weighted by atomic mass is 32.1. The van der Waals surface area contributed by atoms with Gasteiger partial charge in [-0.1, -0.05) is 35.9 Å². The molecule has 1 heterocycles. The predicted octanol–water partition coefficient (Wildman–Crippen LogP) is 4.84. The number of hydrogen-bond donors (Lipinski definition) is 1. The number of carbonyl (C=O) groups is 2. The summed E-state index contributed by atoms with van der Waals surface area (Å²) < 4.78 is 15.7. The van der Waals surface area contributed by atoms with Gasteiger partial charge in [0.05, 0.1) is 14.2 Å². The van der Waals surface area contributed by atoms with Gasteiger partial charge in [-0.2, -0.15) is 0 Å². The van der Waals surface area contributed by atoms with Gasteiger partial charge in [0, 0.05) is 16.5 Å². The van der Waals surface area contributed by atoms with Crippen molar-refractivity contribution in [1.82, 2.24) is 0 Å². The summed E-state index contributed by atoms with van der Waals surface area (Å²) in [4.78, 5) is 25.9. The first-order valence-electron chi connectivity index (χ1n) is 9.28. The number of aryl methyl sites for hydroxylation is 2. The van der Waals surface area contributed by atoms with E-state index in [2.05, 4.69) is 5.32 Å². The molecule has 0 aliphatic rings. The van der Waals surface area contributed by atoms with Crippen molar-refractivity contribution in [3.8, 4) is 22.6 Å². The summed E-state index contributed by atoms with van der Waals surface area (Å²) >= 11 is 1.33. The van der Waals surface area contributed by atoms with E-state index in [9.17, 15) is 9.59 Å². The van der Waals surface area contributed by atoms with Crippen LogP contribution in [0.25, 0.3) is 11.1 Å². The van der Waals surface area contributed by atoms with Crippen LogP contribution in [0.15, 0.2) is 48.5 Å². The minimum Gasteiger partial charge on any atom is -0.497 e. The normalized spacial score (nSPS) is 10.4. The fourth-order valence-corrected chi connectivity index (χ4v) is 4.08. The first kappa shape index (κ1) is 21.4. The van der Waals surface area contributed by atoms with Gasteiger partial charge in [-0.05, 0) is 31.5 Å². The van der Waals surface area contributed by atoms with Crippen molar-refractivity contribution in [2.75, 3.05) is 26.1 Å². The maximum Gasteiger partial charge on any atom is 0.341 e. The number of benzene rings is 2. The molecule has 156 valence electrons. The number of rotatable bonds is 7. The van der Waals surface area contributed by atoms with E-state index in [0.717, 1.165) is 21.6 Å². The molecule has 3 aromatic rings. The molecule has 0 unspecified atom stereocenters. The third kappa shape index (κ3) is 4.80. The van der Waals surface area contributed by atoms with Crippen LogP contribution in [0.4, 0.5) is 5.00 Å². The lowest BCUT2D eigenvalue weighted by molar-refractivity contribution is -0.118. The van der Waals surface area contributed by atoms with Crippen molar-refractivity contribution in [3.05, 3.63) is 64.5 Å². The van der Waals surface area contributed by atoms with Gasteiger partial charge in [0.1, 0.15) is 22.1 Å². The van der Waals surface area contributed by atoms with Gasteiger partial charge in [0.2, 0.25) is 0 Å². The number of esters is 1. The largest absolute Gasteiger partial charge is 0.497 e. The van der Waals surface area contributed by atoms with Crippen LogP contribution in [0.3, 0.4) is 0 Å². The van der Waals surface area contributed by atoms with Crippen molar-refractivity contribution in [2.45, 2.75) is 13.8 Å². The molecule has 3 rings (SSSR count). The fraction of sp³-hybridized carbons (Fsp3) is 0.217. The molecule has 0 saturated heterocycles. The van der Waals surface area contributed by atoms with Gasteiger partial charge in [0.15, 0.2) is 6.61 Å². The SMILES string of the molecule is COC(=O)c1c(NC(=O)COc2cccc(OC)c2)sc(C)c1-c1ccc(C)cc1. The number of nitrogens with one attached hydrogen (secondary N) is 1. The minimum atomic E-state index is -0.501. The van der Waals surface area contributed by atoms with Crippen molar-refractivity contribution in [1.29, 1.82) is 0 Å². The van der Waals surface area contributed by atoms with Crippen LogP contribution in [-0.4, -0.2) is 32.7 Å². The van der Waals surface area contributed by atoms with Crippen molar-refractivity contribution < 1.29 is 23.8 Å². The second kappa shape index (κ2) is 9.45. The number of amides is 1. The van der Waals surface area contributed by atoms with Crippen LogP contribution in [0.2, 0.25) is 0 Å². The van der Waals surface area contributed by atoms with Gasteiger partial charge in [-0.25, -0.2) is 4.79 Å². The molecule has 0 atom stereocenters. The Bertz CT molecular complexity index is 1060. The number of ether oxygens (including phenoxy) is 3. The molecule has 7 heteroatoms. The molecule has 1 N–H and O–H groups in total. The minimum absolute atomic E-state index is 0.204. The monoisotopic (exact) mass is 425 g/mol. The summed E-state index contributed by atoms with van der Waals surface area (Å²) in [6.07, 6.45) is 0. The molecular formula is C23H23NO5S. The molecule has 0 aliphatic carbocycles. The lowest BCUT2D eigenvalue weighted by Crippen LogP contribution is -2.21. The molecule has 2 aromatic carbocycles. The second-order valence-electron chi connectivity index (χ2n) is 6.61. The van der Waals surface area contributed by atoms with E-state index in [1.807, 2.05) is 38.1 Å². The number of thiophene rings is 1. The summed E-state index contributed by atoms with van der Waals surface area (Å²) in [6, 6.07) is 14.9. The zero-order chi connectivity index (χ0) is 21.7. The van der Waals surface area contributed by atoms with E-state index >= 15 is 0 Å². The van der Waals surface area contributed by atoms with Crippen LogP contribution >= 0.6 is 11.3 Å². The Labute approximate surface area is 179 Å². The standard InChI is InChI=1S/C23H23NO5S/c1-14-8-10-16(11-9-14)20-15(2)30-22(21(20)23(26)28-4)24-19(25)13-29-18-7-5-6-17(12-18)27-3/h5-12H,13H2,1-4H3,(H,24,25). The Hall–Kier alpha value is -3.32. The Morgan fingerprint density at radius 3 is 2.37 bits per heavy atom. The summed E-state index contributed by atoms with van der Waals surface area (Å²) in [5, 5.41) is 3.23. The summed E-state index contributed by atoms with van der Waals surface area (Å²) in [6.45, 7) is 3.71. The van der Waals surface area contributed by atoms with Crippen LogP contribution in [-0.2, 0) is 9.53 Å². The highest BCUT2D eigenvalue weighted by Crippen LogP contribution is 2.40. The summed E-state index contributed by atoms with van der Waals surface area (Å²) in [5.41, 5.74) is 3.12. The molecule has 0 radical (unpaired) electrons. The Morgan fingerprint density at radius 2 is 1.70 bits per heavy atom. The zero-order valence-corrected chi connectivity index (χ0v) is 18.1. The van der Waals surface area contributed by atoms with Gasteiger partial charge in [-0.15, -0.1) is 11.3 Å². The average Bonchev–Trinajstić information content (AvgIpc) is 3.07. The number of anilines is 1. The van der Waals surface area contributed by atoms with Gasteiger partial charge >= 0.3 is 5.97 Å². The van der Waals surface area contributed by atoms with Crippen LogP contribution in [0.5, 0.6) is 11.5 Å². The lowest BCUT2D eigenvalue weighted by Gasteiger charge is -2.10. The van der Waals surface area contributed by atoms with Crippen LogP contribution < -0.4 is 14.8 Å². The van der Waals surface area contributed by atoms with E-state index in [0.29, 0.717) is 22.1 Å². The maximum atomic E-state index is 12.5. The highest BCUT2D eigenvalue weighted by Gasteiger charge is 2.25. The van der Waals surface area contributed by atoms with Crippen molar-refractivity contribution in [2.24, 2.45) is 0 Å². The molecule has 0 bridgehead atoms. The molecule has 0 saturated carbocycles. The molecule has 1 aromatic heterocycles. The quantitative estimate of drug-likeness (QED) is 0.548. The number of methoxy groups -OCH3 is 2. The van der Waals surface area contributed by atoms with E-state index in [-0.39, 0.29) is 12.5 Å². The average molecular weight is 426 g/mol. The zero-order valence-electron chi connectivity index (χ0n) is 17.3. The Kier molecular flexibility index (Phi) is 6.74. The number of hydrogen-bond acceptors (Lipinski definition) is 6. The van der Waals surface area contributed by atoms with Gasteiger partial charge in [0.25, 0.3) is 5.91 Å². The van der Waals surface area contributed by atoms with E-state index in [1.54, 1.807) is 31.4 Å². The Balaban J connectivity index is 1.82. The molecule has 30 heavy (non-hydrogen) atoms. The molecular weight excluding hydrogens is 402 g/mol. The molecule has 0 fully saturated rings. The topological polar surface area (TPSA) is 73.9 Å². The lowest BCUT2D eigenvalue weighted by atomic mass is 10.0. The van der Waals surface area contributed by atoms with Gasteiger partial charge in [-0.3, -0.25) is 4.79 Å². The first-order chi connectivity index (χ1) is 14.4. The van der Waals surface area contributed by atoms with E-state index in [4.69, 9.17) is 14.2 Å². The number of carbonyl (C=O) groups excluding carboxylic acids is 2. The molecule has 6 nitrogen and oxygen atoms in total. The molecule has 1 amide bonds. The van der Waals surface area contributed by atoms with Crippen molar-refractivity contribution >= 4 is 28.2 Å². The van der Waals surface area contributed by atoms with E-state index < -0.39 is 5.97 Å². The van der Waals surface area contributed by atoms with Gasteiger partial charge < -0.3 is 19.5 Å². The molecule has 0 aliphatic heterocycles. The fourth-order valence-electron chi connectivity index (χ4n) is 3.00. The Morgan fingerprint density at radius 1 is 1.00 bits per heavy atom. The second-order valence-corrected chi connectivity index (χ2v) is 7.84. The highest BCUT2D eigenvalue weighted by molar-refractivity contribution is 7.17. The first-order valence-corrected chi connectivity index (χ1v) is 10.1. The molecule has 0 spiro atoms. The van der Waals surface area contributed by atoms with Crippen LogP contribution in [0, 0.1) is 13.8 Å². The smallest absolute Gasteiger partial charge is 0.341 e. The summed E-state index contributed by atoms with van der Waals surface area (Å²) in [5.74, 6) is 0.275. The van der Waals surface area contributed by atoms with E-state index in [1.165, 1.54) is 18.4 Å².